The van der Waals surface area contributed by atoms with E-state index in [4.69, 9.17) is 4.74 Å². The standard InChI is InChI=1S/C27H30N8O/c1-34(2)10-11-36-20-12-18(15-28-17-20)19-13-22-25(32-33-27(22)30-16-19)23-14-21-24(6-7-29-26(21)31-23)35-8-4-3-5-9-35/h6-7,12-17H,3-5,8-11H2,1-2H3,(H,29,31)(H,30,32,33). The van der Waals surface area contributed by atoms with Gasteiger partial charge in [0, 0.05) is 65.8 Å². The van der Waals surface area contributed by atoms with Gasteiger partial charge in [-0.05, 0) is 57.6 Å². The average molecular weight is 483 g/mol. The summed E-state index contributed by atoms with van der Waals surface area (Å²) in [7, 11) is 4.05. The Morgan fingerprint density at radius 2 is 1.81 bits per heavy atom. The third-order valence-corrected chi connectivity index (χ3v) is 6.73. The zero-order chi connectivity index (χ0) is 24.5. The Hall–Kier alpha value is -3.98. The molecule has 0 spiro atoms. The van der Waals surface area contributed by atoms with Gasteiger partial charge in [0.25, 0.3) is 0 Å². The molecule has 0 bridgehead atoms. The number of fused-ring (bicyclic) bond motifs is 2. The highest BCUT2D eigenvalue weighted by atomic mass is 16.5. The van der Waals surface area contributed by atoms with E-state index in [-0.39, 0.29) is 0 Å². The number of pyridine rings is 3. The Kier molecular flexibility index (Phi) is 5.98. The van der Waals surface area contributed by atoms with E-state index in [9.17, 15) is 0 Å². The zero-order valence-electron chi connectivity index (χ0n) is 20.7. The van der Waals surface area contributed by atoms with Gasteiger partial charge in [0.1, 0.15) is 23.7 Å². The monoisotopic (exact) mass is 482 g/mol. The van der Waals surface area contributed by atoms with E-state index in [0.29, 0.717) is 6.61 Å². The fourth-order valence-electron chi connectivity index (χ4n) is 4.82. The maximum absolute atomic E-state index is 5.88. The number of aromatic amines is 2. The Morgan fingerprint density at radius 3 is 2.67 bits per heavy atom. The maximum Gasteiger partial charge on any atom is 0.155 e. The number of piperidine rings is 1. The fourth-order valence-corrected chi connectivity index (χ4v) is 4.82. The Morgan fingerprint density at radius 1 is 0.944 bits per heavy atom. The van der Waals surface area contributed by atoms with Crippen LogP contribution < -0.4 is 9.64 Å². The summed E-state index contributed by atoms with van der Waals surface area (Å²) in [5.74, 6) is 0.744. The molecule has 0 unspecified atom stereocenters. The van der Waals surface area contributed by atoms with Gasteiger partial charge >= 0.3 is 0 Å². The largest absolute Gasteiger partial charge is 0.491 e. The molecule has 5 aromatic heterocycles. The molecular formula is C27H30N8O. The number of likely N-dealkylation sites (N-methyl/N-ethyl adjacent to an activating group) is 1. The molecule has 6 rings (SSSR count). The minimum Gasteiger partial charge on any atom is -0.491 e. The molecule has 0 radical (unpaired) electrons. The second kappa shape index (κ2) is 9.58. The summed E-state index contributed by atoms with van der Waals surface area (Å²) in [4.78, 5) is 21.7. The first-order valence-electron chi connectivity index (χ1n) is 12.5. The first kappa shape index (κ1) is 22.5. The quantitative estimate of drug-likeness (QED) is 0.353. The van der Waals surface area contributed by atoms with E-state index < -0.39 is 0 Å². The van der Waals surface area contributed by atoms with Gasteiger partial charge in [0.2, 0.25) is 0 Å². The van der Waals surface area contributed by atoms with E-state index in [2.05, 4.69) is 58.1 Å². The molecular weight excluding hydrogens is 452 g/mol. The lowest BCUT2D eigenvalue weighted by Crippen LogP contribution is -2.29. The molecule has 1 saturated heterocycles. The Balaban J connectivity index is 1.34. The lowest BCUT2D eigenvalue weighted by Gasteiger charge is -2.29. The van der Waals surface area contributed by atoms with Crippen molar-refractivity contribution in [2.24, 2.45) is 0 Å². The average Bonchev–Trinajstić information content (AvgIpc) is 3.53. The number of H-pyrrole nitrogens is 2. The van der Waals surface area contributed by atoms with Crippen molar-refractivity contribution in [2.45, 2.75) is 19.3 Å². The normalized spacial score (nSPS) is 14.2. The summed E-state index contributed by atoms with van der Waals surface area (Å²) in [5.41, 5.74) is 6.50. The number of nitrogens with one attached hydrogen (secondary N) is 2. The first-order valence-corrected chi connectivity index (χ1v) is 12.5. The number of aromatic nitrogens is 6. The fraction of sp³-hybridized carbons (Fsp3) is 0.333. The SMILES string of the molecule is CN(C)CCOc1cncc(-c2cnc3[nH]nc(-c4cc5c(N6CCCCC6)ccnc5[nH]4)c3c2)c1. The van der Waals surface area contributed by atoms with Gasteiger partial charge in [-0.25, -0.2) is 9.97 Å². The van der Waals surface area contributed by atoms with Gasteiger partial charge in [-0.3, -0.25) is 10.1 Å². The summed E-state index contributed by atoms with van der Waals surface area (Å²) in [6, 6.07) is 8.39. The van der Waals surface area contributed by atoms with E-state index in [1.807, 2.05) is 38.8 Å². The van der Waals surface area contributed by atoms with Crippen LogP contribution in [-0.4, -0.2) is 75.4 Å². The summed E-state index contributed by atoms with van der Waals surface area (Å²) in [5, 5.41) is 9.76. The van der Waals surface area contributed by atoms with Crippen LogP contribution in [0.3, 0.4) is 0 Å². The molecule has 0 aliphatic carbocycles. The van der Waals surface area contributed by atoms with E-state index in [1.54, 1.807) is 6.20 Å². The topological polar surface area (TPSA) is 98.8 Å². The van der Waals surface area contributed by atoms with Gasteiger partial charge in [-0.2, -0.15) is 5.10 Å². The summed E-state index contributed by atoms with van der Waals surface area (Å²) >= 11 is 0. The van der Waals surface area contributed by atoms with E-state index in [1.165, 1.54) is 24.9 Å². The van der Waals surface area contributed by atoms with Crippen LogP contribution in [0.25, 0.3) is 44.6 Å². The molecule has 1 fully saturated rings. The molecule has 9 heteroatoms. The minimum atomic E-state index is 0.606. The molecule has 0 aromatic carbocycles. The van der Waals surface area contributed by atoms with E-state index >= 15 is 0 Å². The minimum absolute atomic E-state index is 0.606. The van der Waals surface area contributed by atoms with Crippen LogP contribution in [0.4, 0.5) is 5.69 Å². The Bertz CT molecular complexity index is 1500. The molecule has 0 saturated carbocycles. The molecule has 0 atom stereocenters. The molecule has 1 aliphatic rings. The smallest absolute Gasteiger partial charge is 0.155 e. The van der Waals surface area contributed by atoms with Gasteiger partial charge in [0.05, 0.1) is 11.9 Å². The van der Waals surface area contributed by atoms with Gasteiger partial charge in [-0.1, -0.05) is 0 Å². The van der Waals surface area contributed by atoms with Crippen LogP contribution >= 0.6 is 0 Å². The van der Waals surface area contributed by atoms with Crippen molar-refractivity contribution in [2.75, 3.05) is 45.2 Å². The highest BCUT2D eigenvalue weighted by molar-refractivity contribution is 5.98. The molecule has 5 aromatic rings. The predicted octanol–water partition coefficient (Wildman–Crippen LogP) is 4.49. The van der Waals surface area contributed by atoms with Crippen LogP contribution in [0.1, 0.15) is 19.3 Å². The van der Waals surface area contributed by atoms with Crippen LogP contribution in [0.2, 0.25) is 0 Å². The van der Waals surface area contributed by atoms with Crippen molar-refractivity contribution in [3.63, 3.8) is 0 Å². The zero-order valence-corrected chi connectivity index (χ0v) is 20.7. The number of nitrogens with zero attached hydrogens (tertiary/aromatic N) is 6. The lowest BCUT2D eigenvalue weighted by atomic mass is 10.1. The number of hydrogen-bond donors (Lipinski definition) is 2. The second-order valence-electron chi connectivity index (χ2n) is 9.58. The number of rotatable bonds is 7. The first-order chi connectivity index (χ1) is 17.7. The molecule has 36 heavy (non-hydrogen) atoms. The molecule has 0 amide bonds. The van der Waals surface area contributed by atoms with E-state index in [0.717, 1.165) is 70.0 Å². The molecule has 1 aliphatic heterocycles. The molecule has 9 nitrogen and oxygen atoms in total. The third kappa shape index (κ3) is 4.37. The summed E-state index contributed by atoms with van der Waals surface area (Å²) in [6.45, 7) is 3.62. The highest BCUT2D eigenvalue weighted by Crippen LogP contribution is 2.34. The van der Waals surface area contributed by atoms with Gasteiger partial charge in [-0.15, -0.1) is 0 Å². The Labute approximate surface area is 209 Å². The lowest BCUT2D eigenvalue weighted by molar-refractivity contribution is 0.261. The van der Waals surface area contributed by atoms with Gasteiger partial charge < -0.3 is 19.5 Å². The second-order valence-corrected chi connectivity index (χ2v) is 9.58. The number of ether oxygens (including phenoxy) is 1. The summed E-state index contributed by atoms with van der Waals surface area (Å²) < 4.78 is 5.88. The van der Waals surface area contributed by atoms with Crippen molar-refractivity contribution in [3.8, 4) is 28.3 Å². The van der Waals surface area contributed by atoms with Crippen molar-refractivity contribution < 1.29 is 4.74 Å². The highest BCUT2D eigenvalue weighted by Gasteiger charge is 2.18. The summed E-state index contributed by atoms with van der Waals surface area (Å²) in [6.07, 6.45) is 11.1. The van der Waals surface area contributed by atoms with Crippen molar-refractivity contribution in [3.05, 3.63) is 49.1 Å². The van der Waals surface area contributed by atoms with Crippen molar-refractivity contribution in [1.82, 2.24) is 35.0 Å². The molecule has 184 valence electrons. The van der Waals surface area contributed by atoms with Crippen LogP contribution in [0, 0.1) is 0 Å². The van der Waals surface area contributed by atoms with Crippen molar-refractivity contribution in [1.29, 1.82) is 0 Å². The number of anilines is 1. The van der Waals surface area contributed by atoms with Gasteiger partial charge in [0.15, 0.2) is 5.65 Å². The molecule has 6 heterocycles. The predicted molar refractivity (Wildman–Crippen MR) is 142 cm³/mol. The maximum atomic E-state index is 5.88. The molecule has 2 N–H and O–H groups in total. The van der Waals surface area contributed by atoms with Crippen LogP contribution in [-0.2, 0) is 0 Å². The number of hydrogen-bond acceptors (Lipinski definition) is 7. The third-order valence-electron chi connectivity index (χ3n) is 6.73. The van der Waals surface area contributed by atoms with Crippen molar-refractivity contribution >= 4 is 27.8 Å². The van der Waals surface area contributed by atoms with Crippen LogP contribution in [0.5, 0.6) is 5.75 Å². The van der Waals surface area contributed by atoms with Crippen LogP contribution in [0.15, 0.2) is 49.1 Å².